The van der Waals surface area contributed by atoms with Gasteiger partial charge >= 0.3 is 0 Å². The van der Waals surface area contributed by atoms with Crippen molar-refractivity contribution in [3.05, 3.63) is 12.2 Å². The maximum absolute atomic E-state index is 3.51. The van der Waals surface area contributed by atoms with Crippen molar-refractivity contribution in [1.82, 2.24) is 5.32 Å². The van der Waals surface area contributed by atoms with Gasteiger partial charge in [-0.3, -0.25) is 0 Å². The zero-order valence-corrected chi connectivity index (χ0v) is 9.10. The Bertz CT molecular complexity index is 155. The first-order valence-corrected chi connectivity index (χ1v) is 5.59. The number of hydrogen-bond donors (Lipinski definition) is 1. The number of allylic oxidation sites excluding steroid dienone is 1. The molecule has 1 heteroatoms. The molecule has 0 unspecified atom stereocenters. The van der Waals surface area contributed by atoms with Crippen LogP contribution in [0.5, 0.6) is 0 Å². The third-order valence-electron chi connectivity index (χ3n) is 3.11. The van der Waals surface area contributed by atoms with Gasteiger partial charge in [0.15, 0.2) is 0 Å². The molecule has 1 aliphatic rings. The van der Waals surface area contributed by atoms with E-state index in [-0.39, 0.29) is 0 Å². The van der Waals surface area contributed by atoms with E-state index in [1.165, 1.54) is 38.6 Å². The van der Waals surface area contributed by atoms with Crippen LogP contribution in [-0.4, -0.2) is 13.1 Å². The standard InChI is InChI=1S/C12H23N/c1-3-4-10-13-11-12(2)8-6-5-7-9-12/h3-4,13H,5-11H2,1-2H3/b4-3+. The van der Waals surface area contributed by atoms with Gasteiger partial charge in [-0.25, -0.2) is 0 Å². The molecule has 0 radical (unpaired) electrons. The highest BCUT2D eigenvalue weighted by molar-refractivity contribution is 4.84. The van der Waals surface area contributed by atoms with E-state index < -0.39 is 0 Å². The van der Waals surface area contributed by atoms with E-state index in [0.29, 0.717) is 5.41 Å². The van der Waals surface area contributed by atoms with Crippen LogP contribution in [0.15, 0.2) is 12.2 Å². The highest BCUT2D eigenvalue weighted by Gasteiger charge is 2.25. The molecule has 0 aliphatic heterocycles. The van der Waals surface area contributed by atoms with Crippen molar-refractivity contribution in [3.63, 3.8) is 0 Å². The molecule has 1 aliphatic carbocycles. The zero-order chi connectivity index (χ0) is 9.57. The van der Waals surface area contributed by atoms with E-state index in [9.17, 15) is 0 Å². The van der Waals surface area contributed by atoms with Gasteiger partial charge in [0.25, 0.3) is 0 Å². The molecular formula is C12H23N. The second kappa shape index (κ2) is 5.43. The van der Waals surface area contributed by atoms with E-state index in [2.05, 4.69) is 31.3 Å². The van der Waals surface area contributed by atoms with Crippen LogP contribution in [0.2, 0.25) is 0 Å². The summed E-state index contributed by atoms with van der Waals surface area (Å²) >= 11 is 0. The Kier molecular flexibility index (Phi) is 4.51. The first-order chi connectivity index (χ1) is 6.27. The summed E-state index contributed by atoms with van der Waals surface area (Å²) in [4.78, 5) is 0. The van der Waals surface area contributed by atoms with Crippen molar-refractivity contribution in [3.8, 4) is 0 Å². The quantitative estimate of drug-likeness (QED) is 0.519. The van der Waals surface area contributed by atoms with Crippen molar-refractivity contribution in [2.24, 2.45) is 5.41 Å². The second-order valence-electron chi connectivity index (χ2n) is 4.57. The largest absolute Gasteiger partial charge is 0.313 e. The Labute approximate surface area is 82.6 Å². The molecule has 0 saturated heterocycles. The van der Waals surface area contributed by atoms with Gasteiger partial charge in [0, 0.05) is 13.1 Å². The molecule has 0 aromatic heterocycles. The van der Waals surface area contributed by atoms with Crippen molar-refractivity contribution >= 4 is 0 Å². The molecule has 0 spiro atoms. The fraction of sp³-hybridized carbons (Fsp3) is 0.833. The van der Waals surface area contributed by atoms with Gasteiger partial charge in [0.1, 0.15) is 0 Å². The smallest absolute Gasteiger partial charge is 0.0135 e. The molecule has 76 valence electrons. The first-order valence-electron chi connectivity index (χ1n) is 5.59. The molecule has 1 fully saturated rings. The summed E-state index contributed by atoms with van der Waals surface area (Å²) < 4.78 is 0. The fourth-order valence-corrected chi connectivity index (χ4v) is 2.16. The van der Waals surface area contributed by atoms with Crippen LogP contribution in [0.25, 0.3) is 0 Å². The average molecular weight is 181 g/mol. The SMILES string of the molecule is C/C=C/CNCC1(C)CCCCC1. The highest BCUT2D eigenvalue weighted by atomic mass is 14.9. The van der Waals surface area contributed by atoms with E-state index in [0.717, 1.165) is 6.54 Å². The molecule has 0 aromatic rings. The molecule has 1 nitrogen and oxygen atoms in total. The molecule has 0 aromatic carbocycles. The molecular weight excluding hydrogens is 158 g/mol. The molecule has 1 saturated carbocycles. The summed E-state index contributed by atoms with van der Waals surface area (Å²) in [7, 11) is 0. The lowest BCUT2D eigenvalue weighted by Crippen LogP contribution is -2.33. The van der Waals surface area contributed by atoms with E-state index in [4.69, 9.17) is 0 Å². The lowest BCUT2D eigenvalue weighted by atomic mass is 9.76. The molecule has 0 amide bonds. The van der Waals surface area contributed by atoms with Gasteiger partial charge in [-0.1, -0.05) is 38.3 Å². The van der Waals surface area contributed by atoms with Crippen LogP contribution >= 0.6 is 0 Å². The van der Waals surface area contributed by atoms with Gasteiger partial charge in [0.2, 0.25) is 0 Å². The summed E-state index contributed by atoms with van der Waals surface area (Å²) in [6.45, 7) is 6.72. The predicted molar refractivity (Wildman–Crippen MR) is 58.9 cm³/mol. The van der Waals surface area contributed by atoms with Gasteiger partial charge in [-0.2, -0.15) is 0 Å². The maximum atomic E-state index is 3.51. The molecule has 13 heavy (non-hydrogen) atoms. The van der Waals surface area contributed by atoms with Crippen molar-refractivity contribution in [2.75, 3.05) is 13.1 Å². The monoisotopic (exact) mass is 181 g/mol. The number of nitrogens with one attached hydrogen (secondary N) is 1. The third-order valence-corrected chi connectivity index (χ3v) is 3.11. The zero-order valence-electron chi connectivity index (χ0n) is 9.10. The Morgan fingerprint density at radius 3 is 2.54 bits per heavy atom. The topological polar surface area (TPSA) is 12.0 Å². The van der Waals surface area contributed by atoms with Crippen LogP contribution in [0, 0.1) is 5.41 Å². The van der Waals surface area contributed by atoms with Gasteiger partial charge in [-0.05, 0) is 25.2 Å². The van der Waals surface area contributed by atoms with Crippen molar-refractivity contribution < 1.29 is 0 Å². The van der Waals surface area contributed by atoms with Gasteiger partial charge < -0.3 is 5.32 Å². The summed E-state index contributed by atoms with van der Waals surface area (Å²) in [6, 6.07) is 0. The second-order valence-corrected chi connectivity index (χ2v) is 4.57. The van der Waals surface area contributed by atoms with Crippen molar-refractivity contribution in [1.29, 1.82) is 0 Å². The van der Waals surface area contributed by atoms with E-state index >= 15 is 0 Å². The number of rotatable bonds is 4. The highest BCUT2D eigenvalue weighted by Crippen LogP contribution is 2.34. The fourth-order valence-electron chi connectivity index (χ4n) is 2.16. The first kappa shape index (κ1) is 10.8. The third kappa shape index (κ3) is 3.95. The summed E-state index contributed by atoms with van der Waals surface area (Å²) in [5, 5.41) is 3.51. The minimum Gasteiger partial charge on any atom is -0.313 e. The summed E-state index contributed by atoms with van der Waals surface area (Å²) in [5.41, 5.74) is 0.583. The van der Waals surface area contributed by atoms with Crippen LogP contribution in [0.4, 0.5) is 0 Å². The molecule has 0 heterocycles. The van der Waals surface area contributed by atoms with Crippen LogP contribution in [-0.2, 0) is 0 Å². The minimum atomic E-state index is 0.583. The van der Waals surface area contributed by atoms with E-state index in [1.807, 2.05) is 0 Å². The molecule has 1 rings (SSSR count). The van der Waals surface area contributed by atoms with Crippen molar-refractivity contribution in [2.45, 2.75) is 46.0 Å². The molecule has 0 atom stereocenters. The maximum Gasteiger partial charge on any atom is 0.0135 e. The van der Waals surface area contributed by atoms with Crippen LogP contribution < -0.4 is 5.32 Å². The Balaban J connectivity index is 2.17. The minimum absolute atomic E-state index is 0.583. The Morgan fingerprint density at radius 1 is 1.23 bits per heavy atom. The van der Waals surface area contributed by atoms with Crippen LogP contribution in [0.1, 0.15) is 46.0 Å². The van der Waals surface area contributed by atoms with Crippen LogP contribution in [0.3, 0.4) is 0 Å². The predicted octanol–water partition coefficient (Wildman–Crippen LogP) is 3.12. The van der Waals surface area contributed by atoms with Gasteiger partial charge in [0.05, 0.1) is 0 Å². The molecule has 1 N–H and O–H groups in total. The Hall–Kier alpha value is -0.300. The lowest BCUT2D eigenvalue weighted by molar-refractivity contribution is 0.210. The Morgan fingerprint density at radius 2 is 1.92 bits per heavy atom. The van der Waals surface area contributed by atoms with Gasteiger partial charge in [-0.15, -0.1) is 0 Å². The normalized spacial score (nSPS) is 22.3. The number of hydrogen-bond acceptors (Lipinski definition) is 1. The molecule has 0 bridgehead atoms. The lowest BCUT2D eigenvalue weighted by Gasteiger charge is -2.33. The summed E-state index contributed by atoms with van der Waals surface area (Å²) in [5.74, 6) is 0. The summed E-state index contributed by atoms with van der Waals surface area (Å²) in [6.07, 6.45) is 11.4. The van der Waals surface area contributed by atoms with E-state index in [1.54, 1.807) is 0 Å². The average Bonchev–Trinajstić information content (AvgIpc) is 2.14.